The monoisotopic (exact) mass is 379 g/mol. The summed E-state index contributed by atoms with van der Waals surface area (Å²) in [6.45, 7) is 4.10. The number of aryl methyl sites for hydroxylation is 1. The smallest absolute Gasteiger partial charge is 0.123 e. The van der Waals surface area contributed by atoms with E-state index in [0.29, 0.717) is 6.04 Å². The molecule has 4 rings (SSSR count). The molecule has 1 aliphatic rings. The lowest BCUT2D eigenvalue weighted by atomic mass is 10.1. The minimum Gasteiger partial charge on any atom is -0.396 e. The van der Waals surface area contributed by atoms with Gasteiger partial charge in [-0.1, -0.05) is 17.7 Å². The van der Waals surface area contributed by atoms with E-state index < -0.39 is 0 Å². The van der Waals surface area contributed by atoms with E-state index in [0.717, 1.165) is 54.9 Å². The zero-order valence-electron chi connectivity index (χ0n) is 16.2. The lowest BCUT2D eigenvalue weighted by Crippen LogP contribution is -2.29. The molecule has 1 atom stereocenters. The van der Waals surface area contributed by atoms with Crippen molar-refractivity contribution in [1.82, 2.24) is 14.7 Å². The van der Waals surface area contributed by atoms with E-state index in [1.165, 1.54) is 17.7 Å². The van der Waals surface area contributed by atoms with Gasteiger partial charge in [0.25, 0.3) is 0 Å². The molecule has 0 amide bonds. The number of benzene rings is 2. The highest BCUT2D eigenvalue weighted by atomic mass is 19.1. The molecular formula is C23H26FN3O. The number of aliphatic hydroxyl groups excluding tert-OH is 1. The number of halogens is 1. The molecule has 146 valence electrons. The maximum absolute atomic E-state index is 13.4. The minimum atomic E-state index is -0.245. The van der Waals surface area contributed by atoms with Crippen molar-refractivity contribution in [3.05, 3.63) is 71.7 Å². The number of nitrogens with zero attached hydrogens (tertiary/aromatic N) is 3. The van der Waals surface area contributed by atoms with E-state index in [1.807, 2.05) is 4.68 Å². The van der Waals surface area contributed by atoms with Crippen LogP contribution in [-0.2, 0) is 6.54 Å². The third-order valence-electron chi connectivity index (χ3n) is 5.54. The van der Waals surface area contributed by atoms with E-state index in [-0.39, 0.29) is 12.4 Å². The quantitative estimate of drug-likeness (QED) is 0.693. The van der Waals surface area contributed by atoms with Crippen LogP contribution in [0.1, 0.15) is 30.4 Å². The predicted molar refractivity (Wildman–Crippen MR) is 109 cm³/mol. The van der Waals surface area contributed by atoms with Gasteiger partial charge < -0.3 is 5.11 Å². The number of likely N-dealkylation sites (tertiary alicyclic amines) is 1. The Labute approximate surface area is 165 Å². The molecule has 1 fully saturated rings. The minimum absolute atomic E-state index is 0.217. The van der Waals surface area contributed by atoms with Crippen LogP contribution in [0.4, 0.5) is 4.39 Å². The fourth-order valence-corrected chi connectivity index (χ4v) is 4.00. The van der Waals surface area contributed by atoms with E-state index in [9.17, 15) is 9.50 Å². The van der Waals surface area contributed by atoms with Gasteiger partial charge in [-0.25, -0.2) is 9.07 Å². The van der Waals surface area contributed by atoms with E-state index in [1.54, 1.807) is 12.1 Å². The summed E-state index contributed by atoms with van der Waals surface area (Å²) in [5.74, 6) is -0.245. The van der Waals surface area contributed by atoms with Crippen LogP contribution in [0.15, 0.2) is 54.7 Å². The van der Waals surface area contributed by atoms with Crippen LogP contribution >= 0.6 is 0 Å². The Morgan fingerprint density at radius 2 is 1.86 bits per heavy atom. The van der Waals surface area contributed by atoms with Crippen LogP contribution < -0.4 is 0 Å². The first-order valence-electron chi connectivity index (χ1n) is 9.90. The Kier molecular flexibility index (Phi) is 5.55. The van der Waals surface area contributed by atoms with Crippen molar-refractivity contribution >= 4 is 0 Å². The average Bonchev–Trinajstić information content (AvgIpc) is 3.31. The molecule has 1 aromatic heterocycles. The summed E-state index contributed by atoms with van der Waals surface area (Å²) >= 11 is 0. The fraction of sp³-hybridized carbons (Fsp3) is 0.348. The van der Waals surface area contributed by atoms with Gasteiger partial charge in [0.1, 0.15) is 5.82 Å². The maximum Gasteiger partial charge on any atom is 0.123 e. The Hall–Kier alpha value is -2.50. The third kappa shape index (κ3) is 4.01. The summed E-state index contributed by atoms with van der Waals surface area (Å²) in [5, 5.41) is 14.2. The van der Waals surface area contributed by atoms with Gasteiger partial charge in [0.05, 0.1) is 11.4 Å². The van der Waals surface area contributed by atoms with Crippen molar-refractivity contribution in [2.24, 2.45) is 0 Å². The summed E-state index contributed by atoms with van der Waals surface area (Å²) < 4.78 is 15.3. The van der Waals surface area contributed by atoms with Gasteiger partial charge in [-0.15, -0.1) is 0 Å². The molecule has 0 aliphatic carbocycles. The fourth-order valence-electron chi connectivity index (χ4n) is 4.00. The van der Waals surface area contributed by atoms with Gasteiger partial charge in [0.15, 0.2) is 0 Å². The number of aromatic nitrogens is 2. The van der Waals surface area contributed by atoms with Crippen molar-refractivity contribution in [2.45, 2.75) is 38.8 Å². The Morgan fingerprint density at radius 1 is 1.11 bits per heavy atom. The second-order valence-electron chi connectivity index (χ2n) is 7.57. The van der Waals surface area contributed by atoms with Gasteiger partial charge in [0, 0.05) is 36.5 Å². The summed E-state index contributed by atoms with van der Waals surface area (Å²) in [6, 6.07) is 15.2. The van der Waals surface area contributed by atoms with E-state index >= 15 is 0 Å². The molecule has 3 aromatic rings. The highest BCUT2D eigenvalue weighted by Gasteiger charge is 2.25. The molecule has 2 heterocycles. The van der Waals surface area contributed by atoms with Crippen LogP contribution in [0.5, 0.6) is 0 Å². The van der Waals surface area contributed by atoms with Gasteiger partial charge in [0.2, 0.25) is 0 Å². The van der Waals surface area contributed by atoms with Crippen molar-refractivity contribution in [1.29, 1.82) is 0 Å². The second kappa shape index (κ2) is 8.25. The third-order valence-corrected chi connectivity index (χ3v) is 5.54. The standard InChI is InChI=1S/C23H26FN3O/c1-17-4-10-22(11-5-17)27-16-19(15-26-13-2-3-21(26)12-14-28)23(25-27)18-6-8-20(24)9-7-18/h4-11,16,21,28H,2-3,12-15H2,1H3/t21-/m1/s1. The predicted octanol–water partition coefficient (Wildman–Crippen LogP) is 4.33. The molecule has 5 heteroatoms. The summed E-state index contributed by atoms with van der Waals surface area (Å²) in [4.78, 5) is 2.43. The number of hydrogen-bond donors (Lipinski definition) is 1. The Balaban J connectivity index is 1.70. The second-order valence-corrected chi connectivity index (χ2v) is 7.57. The van der Waals surface area contributed by atoms with Gasteiger partial charge in [-0.3, -0.25) is 4.90 Å². The van der Waals surface area contributed by atoms with Crippen molar-refractivity contribution in [2.75, 3.05) is 13.2 Å². The molecule has 2 aromatic carbocycles. The molecule has 0 radical (unpaired) electrons. The van der Waals surface area contributed by atoms with Crippen LogP contribution in [0.2, 0.25) is 0 Å². The zero-order valence-corrected chi connectivity index (χ0v) is 16.2. The Morgan fingerprint density at radius 3 is 2.57 bits per heavy atom. The average molecular weight is 379 g/mol. The molecule has 4 nitrogen and oxygen atoms in total. The SMILES string of the molecule is Cc1ccc(-n2cc(CN3CCC[C@@H]3CCO)c(-c3ccc(F)cc3)n2)cc1. The van der Waals surface area contributed by atoms with Gasteiger partial charge >= 0.3 is 0 Å². The summed E-state index contributed by atoms with van der Waals surface area (Å²) in [6.07, 6.45) is 5.16. The summed E-state index contributed by atoms with van der Waals surface area (Å²) in [7, 11) is 0. The largest absolute Gasteiger partial charge is 0.396 e. The maximum atomic E-state index is 13.4. The molecule has 28 heavy (non-hydrogen) atoms. The highest BCUT2D eigenvalue weighted by molar-refractivity contribution is 5.63. The number of hydrogen-bond acceptors (Lipinski definition) is 3. The van der Waals surface area contributed by atoms with Gasteiger partial charge in [-0.05, 0) is 69.1 Å². The first kappa shape index (κ1) is 18.8. The number of rotatable bonds is 6. The Bertz CT molecular complexity index is 918. The molecule has 0 spiro atoms. The molecular weight excluding hydrogens is 353 g/mol. The van der Waals surface area contributed by atoms with Crippen molar-refractivity contribution in [3.63, 3.8) is 0 Å². The van der Waals surface area contributed by atoms with Crippen LogP contribution in [-0.4, -0.2) is 39.0 Å². The summed E-state index contributed by atoms with van der Waals surface area (Å²) in [5.41, 5.74) is 5.14. The molecule has 1 saturated heterocycles. The van der Waals surface area contributed by atoms with Crippen LogP contribution in [0.3, 0.4) is 0 Å². The first-order valence-corrected chi connectivity index (χ1v) is 9.90. The molecule has 0 saturated carbocycles. The number of aliphatic hydroxyl groups is 1. The van der Waals surface area contributed by atoms with Crippen molar-refractivity contribution in [3.8, 4) is 16.9 Å². The van der Waals surface area contributed by atoms with Crippen LogP contribution in [0.25, 0.3) is 16.9 Å². The zero-order chi connectivity index (χ0) is 19.5. The van der Waals surface area contributed by atoms with E-state index in [2.05, 4.69) is 42.3 Å². The lowest BCUT2D eigenvalue weighted by Gasteiger charge is -2.23. The molecule has 0 unspecified atom stereocenters. The topological polar surface area (TPSA) is 41.3 Å². The van der Waals surface area contributed by atoms with Gasteiger partial charge in [-0.2, -0.15) is 5.10 Å². The molecule has 1 N–H and O–H groups in total. The van der Waals surface area contributed by atoms with Crippen molar-refractivity contribution < 1.29 is 9.50 Å². The highest BCUT2D eigenvalue weighted by Crippen LogP contribution is 2.29. The molecule has 0 bridgehead atoms. The lowest BCUT2D eigenvalue weighted by molar-refractivity contribution is 0.190. The van der Waals surface area contributed by atoms with Crippen LogP contribution in [0, 0.1) is 12.7 Å². The normalized spacial score (nSPS) is 17.3. The molecule has 1 aliphatic heterocycles. The van der Waals surface area contributed by atoms with E-state index in [4.69, 9.17) is 5.10 Å². The first-order chi connectivity index (χ1) is 13.6.